The average Bonchev–Trinajstić information content (AvgIpc) is 2.98. The highest BCUT2D eigenvalue weighted by atomic mass is 15.1. The van der Waals surface area contributed by atoms with Crippen LogP contribution < -0.4 is 5.73 Å². The van der Waals surface area contributed by atoms with Crippen LogP contribution in [0.4, 0.5) is 5.69 Å². The second kappa shape index (κ2) is 4.82. The highest BCUT2D eigenvalue weighted by Gasteiger charge is 2.19. The number of imidazole rings is 1. The molecule has 1 aromatic carbocycles. The summed E-state index contributed by atoms with van der Waals surface area (Å²) < 4.78 is 0. The van der Waals surface area contributed by atoms with E-state index in [1.165, 1.54) is 11.1 Å². The summed E-state index contributed by atoms with van der Waals surface area (Å²) in [6.45, 7) is 3.10. The summed E-state index contributed by atoms with van der Waals surface area (Å²) in [5, 5.41) is 0. The quantitative estimate of drug-likeness (QED) is 0.806. The van der Waals surface area contributed by atoms with Crippen LogP contribution in [0.3, 0.4) is 0 Å². The Morgan fingerprint density at radius 2 is 2.28 bits per heavy atom. The summed E-state index contributed by atoms with van der Waals surface area (Å²) in [6, 6.07) is 6.21. The maximum atomic E-state index is 6.00. The number of rotatable bonds is 4. The molecular formula is C14H18N4. The molecule has 0 saturated heterocycles. The molecule has 3 N–H and O–H groups in total. The largest absolute Gasteiger partial charge is 0.398 e. The molecule has 0 spiro atoms. The van der Waals surface area contributed by atoms with E-state index in [9.17, 15) is 0 Å². The van der Waals surface area contributed by atoms with Gasteiger partial charge in [0.05, 0.1) is 0 Å². The number of aromatic amines is 1. The second-order valence-corrected chi connectivity index (χ2v) is 4.83. The number of aryl methyl sites for hydroxylation is 1. The lowest BCUT2D eigenvalue weighted by molar-refractivity contribution is 0.280. The first kappa shape index (κ1) is 11.3. The van der Waals surface area contributed by atoms with Gasteiger partial charge >= 0.3 is 0 Å². The standard InChI is InChI=1S/C14H18N4/c15-13-4-1-3-11-9-18(10-12(11)13)8-2-5-14-16-6-7-17-14/h1,3-4,6-7H,2,5,8-10,15H2,(H,16,17). The number of nitrogens with two attached hydrogens (primary N) is 1. The van der Waals surface area contributed by atoms with Crippen molar-refractivity contribution in [1.82, 2.24) is 14.9 Å². The lowest BCUT2D eigenvalue weighted by Crippen LogP contribution is -2.18. The van der Waals surface area contributed by atoms with Crippen molar-refractivity contribution in [1.29, 1.82) is 0 Å². The van der Waals surface area contributed by atoms with Crippen LogP contribution in [0.15, 0.2) is 30.6 Å². The first-order valence-corrected chi connectivity index (χ1v) is 6.40. The molecule has 0 aliphatic carbocycles. The topological polar surface area (TPSA) is 57.9 Å². The number of H-pyrrole nitrogens is 1. The maximum Gasteiger partial charge on any atom is 0.106 e. The fraction of sp³-hybridized carbons (Fsp3) is 0.357. The summed E-state index contributed by atoms with van der Waals surface area (Å²) >= 11 is 0. The van der Waals surface area contributed by atoms with Crippen molar-refractivity contribution in [2.75, 3.05) is 12.3 Å². The second-order valence-electron chi connectivity index (χ2n) is 4.83. The van der Waals surface area contributed by atoms with Gasteiger partial charge in [-0.25, -0.2) is 4.98 Å². The van der Waals surface area contributed by atoms with Gasteiger partial charge in [0.2, 0.25) is 0 Å². The third-order valence-electron chi connectivity index (χ3n) is 3.53. The zero-order valence-corrected chi connectivity index (χ0v) is 10.4. The van der Waals surface area contributed by atoms with Crippen LogP contribution in [0.2, 0.25) is 0 Å². The molecule has 0 unspecified atom stereocenters. The van der Waals surface area contributed by atoms with E-state index < -0.39 is 0 Å². The normalized spacial score (nSPS) is 14.9. The van der Waals surface area contributed by atoms with Crippen LogP contribution in [0.1, 0.15) is 23.4 Å². The highest BCUT2D eigenvalue weighted by Crippen LogP contribution is 2.27. The molecule has 1 aliphatic heterocycles. The van der Waals surface area contributed by atoms with Crippen LogP contribution in [0.5, 0.6) is 0 Å². The maximum absolute atomic E-state index is 6.00. The van der Waals surface area contributed by atoms with E-state index in [-0.39, 0.29) is 0 Å². The van der Waals surface area contributed by atoms with Gasteiger partial charge in [0, 0.05) is 37.6 Å². The van der Waals surface area contributed by atoms with Crippen LogP contribution in [0, 0.1) is 0 Å². The van der Waals surface area contributed by atoms with E-state index in [2.05, 4.69) is 20.9 Å². The molecule has 3 rings (SSSR count). The van der Waals surface area contributed by atoms with Gasteiger partial charge in [-0.2, -0.15) is 0 Å². The van der Waals surface area contributed by atoms with Gasteiger partial charge in [-0.05, 0) is 30.2 Å². The van der Waals surface area contributed by atoms with Crippen molar-refractivity contribution in [2.24, 2.45) is 0 Å². The Labute approximate surface area is 107 Å². The van der Waals surface area contributed by atoms with Crippen LogP contribution in [-0.2, 0) is 19.5 Å². The van der Waals surface area contributed by atoms with Crippen molar-refractivity contribution in [2.45, 2.75) is 25.9 Å². The number of nitrogens with one attached hydrogen (secondary N) is 1. The summed E-state index contributed by atoms with van der Waals surface area (Å²) in [4.78, 5) is 9.83. The Kier molecular flexibility index (Phi) is 3.02. The molecule has 1 aromatic heterocycles. The fourth-order valence-electron chi connectivity index (χ4n) is 2.58. The number of nitrogen functional groups attached to an aromatic ring is 1. The molecule has 94 valence electrons. The molecule has 0 fully saturated rings. The lowest BCUT2D eigenvalue weighted by atomic mass is 10.1. The van der Waals surface area contributed by atoms with Crippen molar-refractivity contribution in [3.05, 3.63) is 47.5 Å². The Bertz CT molecular complexity index is 519. The van der Waals surface area contributed by atoms with Gasteiger partial charge in [-0.15, -0.1) is 0 Å². The van der Waals surface area contributed by atoms with Crippen LogP contribution in [-0.4, -0.2) is 21.4 Å². The van der Waals surface area contributed by atoms with Crippen LogP contribution in [0.25, 0.3) is 0 Å². The Morgan fingerprint density at radius 3 is 3.06 bits per heavy atom. The smallest absolute Gasteiger partial charge is 0.106 e. The van der Waals surface area contributed by atoms with E-state index in [0.717, 1.165) is 44.0 Å². The number of aromatic nitrogens is 2. The van der Waals surface area contributed by atoms with E-state index in [1.54, 1.807) is 0 Å². The lowest BCUT2D eigenvalue weighted by Gasteiger charge is -2.13. The fourth-order valence-corrected chi connectivity index (χ4v) is 2.58. The first-order chi connectivity index (χ1) is 8.83. The van der Waals surface area contributed by atoms with Gasteiger partial charge in [-0.1, -0.05) is 12.1 Å². The molecule has 4 heteroatoms. The molecule has 2 aromatic rings. The van der Waals surface area contributed by atoms with Crippen molar-refractivity contribution >= 4 is 5.69 Å². The number of hydrogen-bond acceptors (Lipinski definition) is 3. The zero-order chi connectivity index (χ0) is 12.4. The molecule has 0 bridgehead atoms. The summed E-state index contributed by atoms with van der Waals surface area (Å²) in [6.07, 6.45) is 5.82. The Balaban J connectivity index is 1.53. The number of hydrogen-bond donors (Lipinski definition) is 2. The van der Waals surface area contributed by atoms with Gasteiger partial charge in [-0.3, -0.25) is 4.90 Å². The van der Waals surface area contributed by atoms with E-state index in [0.29, 0.717) is 0 Å². The third kappa shape index (κ3) is 2.24. The summed E-state index contributed by atoms with van der Waals surface area (Å²) in [7, 11) is 0. The number of fused-ring (bicyclic) bond motifs is 1. The monoisotopic (exact) mass is 242 g/mol. The van der Waals surface area contributed by atoms with Crippen molar-refractivity contribution in [3.8, 4) is 0 Å². The minimum Gasteiger partial charge on any atom is -0.398 e. The molecule has 1 aliphatic rings. The molecule has 18 heavy (non-hydrogen) atoms. The SMILES string of the molecule is Nc1cccc2c1CN(CCCc1ncc[nH]1)C2. The van der Waals surface area contributed by atoms with Crippen LogP contribution >= 0.6 is 0 Å². The van der Waals surface area contributed by atoms with Crippen molar-refractivity contribution in [3.63, 3.8) is 0 Å². The van der Waals surface area contributed by atoms with E-state index in [1.807, 2.05) is 24.5 Å². The average molecular weight is 242 g/mol. The molecule has 0 atom stereocenters. The van der Waals surface area contributed by atoms with Gasteiger partial charge < -0.3 is 10.7 Å². The van der Waals surface area contributed by atoms with Gasteiger partial charge in [0.25, 0.3) is 0 Å². The number of benzene rings is 1. The molecule has 0 saturated carbocycles. The number of anilines is 1. The Hall–Kier alpha value is -1.81. The molecule has 2 heterocycles. The molecular weight excluding hydrogens is 224 g/mol. The zero-order valence-electron chi connectivity index (χ0n) is 10.4. The minimum atomic E-state index is 0.932. The summed E-state index contributed by atoms with van der Waals surface area (Å²) in [5.74, 6) is 1.08. The minimum absolute atomic E-state index is 0.932. The predicted molar refractivity (Wildman–Crippen MR) is 71.9 cm³/mol. The highest BCUT2D eigenvalue weighted by molar-refractivity contribution is 5.52. The van der Waals surface area contributed by atoms with Gasteiger partial charge in [0.1, 0.15) is 5.82 Å². The van der Waals surface area contributed by atoms with Gasteiger partial charge in [0.15, 0.2) is 0 Å². The molecule has 0 radical (unpaired) electrons. The number of nitrogens with zero attached hydrogens (tertiary/aromatic N) is 2. The molecule has 4 nitrogen and oxygen atoms in total. The van der Waals surface area contributed by atoms with E-state index >= 15 is 0 Å². The van der Waals surface area contributed by atoms with E-state index in [4.69, 9.17) is 5.73 Å². The summed E-state index contributed by atoms with van der Waals surface area (Å²) in [5.41, 5.74) is 9.63. The predicted octanol–water partition coefficient (Wildman–Crippen LogP) is 1.94. The third-order valence-corrected chi connectivity index (χ3v) is 3.53. The van der Waals surface area contributed by atoms with Crippen molar-refractivity contribution < 1.29 is 0 Å². The molecule has 0 amide bonds. The first-order valence-electron chi connectivity index (χ1n) is 6.40. The Morgan fingerprint density at radius 1 is 1.33 bits per heavy atom.